The van der Waals surface area contributed by atoms with Crippen molar-refractivity contribution in [2.45, 2.75) is 0 Å². The second-order valence-corrected chi connectivity index (χ2v) is 6.03. The van der Waals surface area contributed by atoms with E-state index in [-0.39, 0.29) is 0 Å². The highest BCUT2D eigenvalue weighted by molar-refractivity contribution is 7.90. The molecule has 0 bridgehead atoms. The maximum Gasteiger partial charge on any atom is 0.417 e. The minimum absolute atomic E-state index is 0.404. The Balaban J connectivity index is 2.05. The fourth-order valence-electron chi connectivity index (χ4n) is 1.71. The van der Waals surface area contributed by atoms with Crippen LogP contribution in [0.3, 0.4) is 0 Å². The maximum atomic E-state index is 12.0. The Kier molecular flexibility index (Phi) is 2.26. The molecule has 2 heterocycles. The normalized spacial score (nSPS) is 16.1. The molecule has 0 spiro atoms. The van der Waals surface area contributed by atoms with Crippen molar-refractivity contribution in [2.24, 2.45) is 0 Å². The first-order chi connectivity index (χ1) is 8.48. The number of oxazole rings is 1. The Labute approximate surface area is 103 Å². The van der Waals surface area contributed by atoms with Crippen molar-refractivity contribution in [1.29, 1.82) is 0 Å². The van der Waals surface area contributed by atoms with E-state index in [0.29, 0.717) is 29.9 Å². The van der Waals surface area contributed by atoms with E-state index in [1.54, 1.807) is 18.2 Å². The first kappa shape index (κ1) is 11.3. The van der Waals surface area contributed by atoms with Gasteiger partial charge >= 0.3 is 16.0 Å². The minimum Gasteiger partial charge on any atom is -0.408 e. The molecule has 8 heteroatoms. The van der Waals surface area contributed by atoms with Crippen LogP contribution >= 0.6 is 0 Å². The van der Waals surface area contributed by atoms with E-state index in [9.17, 15) is 13.2 Å². The lowest BCUT2D eigenvalue weighted by Crippen LogP contribution is -2.32. The second kappa shape index (κ2) is 3.59. The topological polar surface area (TPSA) is 86.4 Å². The van der Waals surface area contributed by atoms with Gasteiger partial charge in [-0.3, -0.25) is 9.29 Å². The SMILES string of the molecule is CN(c1ccc2oc(=O)[nH]c2c1)S(=O)(=O)N1CC1. The highest BCUT2D eigenvalue weighted by Crippen LogP contribution is 2.24. The molecular formula is C10H11N3O4S. The highest BCUT2D eigenvalue weighted by Gasteiger charge is 2.35. The quantitative estimate of drug-likeness (QED) is 0.802. The van der Waals surface area contributed by atoms with Crippen LogP contribution in [0.4, 0.5) is 5.69 Å². The third-order valence-corrected chi connectivity index (χ3v) is 4.77. The van der Waals surface area contributed by atoms with Gasteiger partial charge in [0.25, 0.3) is 0 Å². The number of nitrogens with one attached hydrogen (secondary N) is 1. The fourth-order valence-corrected chi connectivity index (χ4v) is 2.98. The fraction of sp³-hybridized carbons (Fsp3) is 0.300. The maximum absolute atomic E-state index is 12.0. The number of aromatic nitrogens is 1. The van der Waals surface area contributed by atoms with Crippen molar-refractivity contribution in [3.63, 3.8) is 0 Å². The number of anilines is 1. The van der Waals surface area contributed by atoms with E-state index in [2.05, 4.69) is 4.98 Å². The van der Waals surface area contributed by atoms with Crippen molar-refractivity contribution < 1.29 is 12.8 Å². The molecule has 18 heavy (non-hydrogen) atoms. The second-order valence-electron chi connectivity index (χ2n) is 4.07. The molecule has 96 valence electrons. The van der Waals surface area contributed by atoms with Gasteiger partial charge in [-0.25, -0.2) is 4.79 Å². The van der Waals surface area contributed by atoms with E-state index < -0.39 is 16.0 Å². The summed E-state index contributed by atoms with van der Waals surface area (Å²) in [7, 11) is -1.96. The standard InChI is InChI=1S/C10H11N3O4S/c1-12(18(15,16)13-4-5-13)7-2-3-9-8(6-7)11-10(14)17-9/h2-3,6H,4-5H2,1H3,(H,11,14). The Morgan fingerprint density at radius 3 is 2.78 bits per heavy atom. The number of aromatic amines is 1. The Bertz CT molecular complexity index is 757. The Morgan fingerprint density at radius 2 is 2.11 bits per heavy atom. The van der Waals surface area contributed by atoms with Gasteiger partial charge < -0.3 is 4.42 Å². The molecule has 0 unspecified atom stereocenters. The summed E-state index contributed by atoms with van der Waals surface area (Å²) in [6.45, 7) is 1.11. The van der Waals surface area contributed by atoms with Gasteiger partial charge in [0, 0.05) is 20.1 Å². The zero-order chi connectivity index (χ0) is 12.9. The summed E-state index contributed by atoms with van der Waals surface area (Å²) < 4.78 is 31.4. The molecule has 1 aromatic heterocycles. The summed E-state index contributed by atoms with van der Waals surface area (Å²) in [5.41, 5.74) is 1.36. The summed E-state index contributed by atoms with van der Waals surface area (Å²) >= 11 is 0. The van der Waals surface area contributed by atoms with Crippen LogP contribution in [0.2, 0.25) is 0 Å². The van der Waals surface area contributed by atoms with Gasteiger partial charge in [-0.2, -0.15) is 12.7 Å². The van der Waals surface area contributed by atoms with Crippen LogP contribution in [0.1, 0.15) is 0 Å². The number of rotatable bonds is 3. The summed E-state index contributed by atoms with van der Waals surface area (Å²) in [5, 5.41) is 0. The number of hydrogen-bond donors (Lipinski definition) is 1. The lowest BCUT2D eigenvalue weighted by atomic mass is 10.3. The predicted octanol–water partition coefficient (Wildman–Crippen LogP) is 0.118. The summed E-state index contributed by atoms with van der Waals surface area (Å²) in [4.78, 5) is 13.5. The molecule has 0 aliphatic carbocycles. The lowest BCUT2D eigenvalue weighted by Gasteiger charge is -2.19. The van der Waals surface area contributed by atoms with E-state index in [1.165, 1.54) is 15.7 Å². The lowest BCUT2D eigenvalue weighted by molar-refractivity contribution is 0.555. The van der Waals surface area contributed by atoms with Gasteiger partial charge in [0.05, 0.1) is 11.2 Å². The van der Waals surface area contributed by atoms with Crippen LogP contribution in [0.5, 0.6) is 0 Å². The number of fused-ring (bicyclic) bond motifs is 1. The summed E-state index contributed by atoms with van der Waals surface area (Å²) in [6, 6.07) is 4.73. The molecule has 1 fully saturated rings. The van der Waals surface area contributed by atoms with E-state index >= 15 is 0 Å². The average molecular weight is 269 g/mol. The molecule has 1 saturated heterocycles. The molecule has 0 radical (unpaired) electrons. The minimum atomic E-state index is -3.44. The third kappa shape index (κ3) is 1.70. The molecule has 0 atom stereocenters. The van der Waals surface area contributed by atoms with Crippen LogP contribution in [0.25, 0.3) is 11.1 Å². The van der Waals surface area contributed by atoms with Crippen molar-refractivity contribution >= 4 is 27.0 Å². The average Bonchev–Trinajstić information content (AvgIpc) is 3.10. The van der Waals surface area contributed by atoms with Crippen LogP contribution in [-0.2, 0) is 10.2 Å². The van der Waals surface area contributed by atoms with Crippen LogP contribution < -0.4 is 10.1 Å². The van der Waals surface area contributed by atoms with Gasteiger partial charge in [-0.05, 0) is 18.2 Å². The number of H-pyrrole nitrogens is 1. The molecule has 1 aromatic carbocycles. The molecule has 7 nitrogen and oxygen atoms in total. The summed E-state index contributed by atoms with van der Waals surface area (Å²) in [6.07, 6.45) is 0. The smallest absolute Gasteiger partial charge is 0.408 e. The molecular weight excluding hydrogens is 258 g/mol. The molecule has 0 saturated carbocycles. The predicted molar refractivity (Wildman–Crippen MR) is 65.7 cm³/mol. The molecule has 1 aliphatic heterocycles. The highest BCUT2D eigenvalue weighted by atomic mass is 32.2. The molecule has 1 N–H and O–H groups in total. The first-order valence-electron chi connectivity index (χ1n) is 5.35. The number of benzene rings is 1. The molecule has 1 aliphatic rings. The van der Waals surface area contributed by atoms with Crippen LogP contribution in [0.15, 0.2) is 27.4 Å². The monoisotopic (exact) mass is 269 g/mol. The van der Waals surface area contributed by atoms with Gasteiger partial charge in [0.2, 0.25) is 0 Å². The largest absolute Gasteiger partial charge is 0.417 e. The zero-order valence-electron chi connectivity index (χ0n) is 9.58. The molecule has 0 amide bonds. The molecule has 2 aromatic rings. The van der Waals surface area contributed by atoms with Gasteiger partial charge in [-0.1, -0.05) is 0 Å². The van der Waals surface area contributed by atoms with Gasteiger partial charge in [-0.15, -0.1) is 0 Å². The first-order valence-corrected chi connectivity index (χ1v) is 6.75. The number of hydrogen-bond acceptors (Lipinski definition) is 4. The Hall–Kier alpha value is -1.80. The van der Waals surface area contributed by atoms with E-state index in [1.807, 2.05) is 0 Å². The summed E-state index contributed by atoms with van der Waals surface area (Å²) in [5.74, 6) is -0.557. The van der Waals surface area contributed by atoms with Crippen LogP contribution in [0, 0.1) is 0 Å². The molecule has 3 rings (SSSR count). The van der Waals surface area contributed by atoms with E-state index in [0.717, 1.165) is 0 Å². The van der Waals surface area contributed by atoms with Gasteiger partial charge in [0.1, 0.15) is 0 Å². The third-order valence-electron chi connectivity index (χ3n) is 2.84. The van der Waals surface area contributed by atoms with Crippen LogP contribution in [-0.4, -0.2) is 37.8 Å². The van der Waals surface area contributed by atoms with Crippen molar-refractivity contribution in [1.82, 2.24) is 9.29 Å². The zero-order valence-corrected chi connectivity index (χ0v) is 10.4. The Morgan fingerprint density at radius 1 is 1.39 bits per heavy atom. The van der Waals surface area contributed by atoms with E-state index in [4.69, 9.17) is 4.42 Å². The van der Waals surface area contributed by atoms with Crippen molar-refractivity contribution in [3.05, 3.63) is 28.7 Å². The van der Waals surface area contributed by atoms with Crippen molar-refractivity contribution in [3.8, 4) is 0 Å². The van der Waals surface area contributed by atoms with Crippen molar-refractivity contribution in [2.75, 3.05) is 24.4 Å². The number of nitrogens with zero attached hydrogens (tertiary/aromatic N) is 2. The van der Waals surface area contributed by atoms with Gasteiger partial charge in [0.15, 0.2) is 5.58 Å².